The largest absolute Gasteiger partial charge is 0.354 e. The smallest absolute Gasteiger partial charge is 0.128 e. The lowest BCUT2D eigenvalue weighted by Gasteiger charge is -2.34. The number of likely N-dealkylation sites (N-methyl/N-ethyl adjacent to an activating group) is 1. The Bertz CT molecular complexity index is 341. The lowest BCUT2D eigenvalue weighted by Crippen LogP contribution is -2.46. The second kappa shape index (κ2) is 6.71. The first-order valence-corrected chi connectivity index (χ1v) is 6.96. The second-order valence-electron chi connectivity index (χ2n) is 4.73. The topological polar surface area (TPSA) is 31.4 Å². The lowest BCUT2D eigenvalue weighted by atomic mass is 10.2. The molecular formula is C14H24N4. The van der Waals surface area contributed by atoms with Crippen LogP contribution < -0.4 is 10.2 Å². The maximum atomic E-state index is 4.57. The van der Waals surface area contributed by atoms with Gasteiger partial charge in [0.1, 0.15) is 5.82 Å². The highest BCUT2D eigenvalue weighted by molar-refractivity contribution is 5.39. The van der Waals surface area contributed by atoms with Crippen LogP contribution in [0.1, 0.15) is 19.4 Å². The SMILES string of the molecule is CCNCc1ccc(N2CCN(CC)CC2)nc1. The highest BCUT2D eigenvalue weighted by Crippen LogP contribution is 2.13. The summed E-state index contributed by atoms with van der Waals surface area (Å²) in [6.45, 7) is 11.9. The number of nitrogens with one attached hydrogen (secondary N) is 1. The minimum Gasteiger partial charge on any atom is -0.354 e. The number of piperazine rings is 1. The van der Waals surface area contributed by atoms with E-state index in [0.717, 1.165) is 51.6 Å². The van der Waals surface area contributed by atoms with Gasteiger partial charge in [0.15, 0.2) is 0 Å². The van der Waals surface area contributed by atoms with E-state index < -0.39 is 0 Å². The van der Waals surface area contributed by atoms with Crippen LogP contribution in [0.4, 0.5) is 5.82 Å². The molecule has 2 rings (SSSR count). The van der Waals surface area contributed by atoms with Crippen molar-refractivity contribution in [2.45, 2.75) is 20.4 Å². The molecule has 0 atom stereocenters. The second-order valence-corrected chi connectivity index (χ2v) is 4.73. The van der Waals surface area contributed by atoms with Gasteiger partial charge >= 0.3 is 0 Å². The molecule has 1 aliphatic heterocycles. The summed E-state index contributed by atoms with van der Waals surface area (Å²) in [6.07, 6.45) is 1.99. The van der Waals surface area contributed by atoms with Crippen molar-refractivity contribution >= 4 is 5.82 Å². The molecule has 100 valence electrons. The van der Waals surface area contributed by atoms with Crippen LogP contribution in [0.25, 0.3) is 0 Å². The van der Waals surface area contributed by atoms with Crippen molar-refractivity contribution in [1.29, 1.82) is 0 Å². The van der Waals surface area contributed by atoms with Crippen molar-refractivity contribution in [3.05, 3.63) is 23.9 Å². The van der Waals surface area contributed by atoms with E-state index in [4.69, 9.17) is 0 Å². The third kappa shape index (κ3) is 3.43. The predicted molar refractivity (Wildman–Crippen MR) is 75.9 cm³/mol. The normalized spacial score (nSPS) is 17.1. The molecule has 0 radical (unpaired) electrons. The van der Waals surface area contributed by atoms with Gasteiger partial charge in [0, 0.05) is 38.9 Å². The molecule has 0 saturated carbocycles. The van der Waals surface area contributed by atoms with Gasteiger partial charge in [-0.2, -0.15) is 0 Å². The first-order chi connectivity index (χ1) is 8.83. The molecule has 1 saturated heterocycles. The molecule has 1 aromatic rings. The molecule has 2 heterocycles. The van der Waals surface area contributed by atoms with Crippen LogP contribution in [0.2, 0.25) is 0 Å². The van der Waals surface area contributed by atoms with Crippen LogP contribution in [0.15, 0.2) is 18.3 Å². The van der Waals surface area contributed by atoms with Crippen LogP contribution in [0, 0.1) is 0 Å². The van der Waals surface area contributed by atoms with E-state index in [0.29, 0.717) is 0 Å². The number of anilines is 1. The number of pyridine rings is 1. The average Bonchev–Trinajstić information content (AvgIpc) is 2.46. The molecule has 4 heteroatoms. The average molecular weight is 248 g/mol. The molecule has 0 unspecified atom stereocenters. The fourth-order valence-electron chi connectivity index (χ4n) is 2.27. The van der Waals surface area contributed by atoms with Gasteiger partial charge in [0.2, 0.25) is 0 Å². The Balaban J connectivity index is 1.89. The third-order valence-corrected chi connectivity index (χ3v) is 3.53. The maximum absolute atomic E-state index is 4.57. The first-order valence-electron chi connectivity index (χ1n) is 6.96. The predicted octanol–water partition coefficient (Wildman–Crippen LogP) is 1.33. The summed E-state index contributed by atoms with van der Waals surface area (Å²) in [5, 5.41) is 3.32. The van der Waals surface area contributed by atoms with E-state index in [1.54, 1.807) is 0 Å². The highest BCUT2D eigenvalue weighted by atomic mass is 15.3. The van der Waals surface area contributed by atoms with E-state index in [1.165, 1.54) is 5.56 Å². The van der Waals surface area contributed by atoms with E-state index in [2.05, 4.69) is 46.1 Å². The summed E-state index contributed by atoms with van der Waals surface area (Å²) in [4.78, 5) is 9.43. The van der Waals surface area contributed by atoms with E-state index >= 15 is 0 Å². The number of hydrogen-bond acceptors (Lipinski definition) is 4. The first kappa shape index (κ1) is 13.3. The Morgan fingerprint density at radius 1 is 1.17 bits per heavy atom. The third-order valence-electron chi connectivity index (χ3n) is 3.53. The van der Waals surface area contributed by atoms with Gasteiger partial charge < -0.3 is 15.1 Å². The monoisotopic (exact) mass is 248 g/mol. The van der Waals surface area contributed by atoms with Crippen molar-refractivity contribution in [2.24, 2.45) is 0 Å². The Labute approximate surface area is 110 Å². The van der Waals surface area contributed by atoms with Crippen LogP contribution in [0.3, 0.4) is 0 Å². The highest BCUT2D eigenvalue weighted by Gasteiger charge is 2.16. The molecule has 1 aliphatic rings. The zero-order valence-corrected chi connectivity index (χ0v) is 11.5. The van der Waals surface area contributed by atoms with Crippen molar-refractivity contribution in [1.82, 2.24) is 15.2 Å². The van der Waals surface area contributed by atoms with Crippen molar-refractivity contribution < 1.29 is 0 Å². The Hall–Kier alpha value is -1.13. The molecule has 4 nitrogen and oxygen atoms in total. The van der Waals surface area contributed by atoms with Crippen molar-refractivity contribution in [3.8, 4) is 0 Å². The standard InChI is InChI=1S/C14H24N4/c1-3-15-11-13-5-6-14(16-12-13)18-9-7-17(4-2)8-10-18/h5-6,12,15H,3-4,7-11H2,1-2H3. The zero-order valence-electron chi connectivity index (χ0n) is 11.5. The summed E-state index contributed by atoms with van der Waals surface area (Å²) in [5.74, 6) is 1.12. The molecule has 0 amide bonds. The van der Waals surface area contributed by atoms with Crippen LogP contribution in [-0.2, 0) is 6.54 Å². The summed E-state index contributed by atoms with van der Waals surface area (Å²) in [6, 6.07) is 4.32. The van der Waals surface area contributed by atoms with Gasteiger partial charge in [-0.1, -0.05) is 19.9 Å². The van der Waals surface area contributed by atoms with Crippen molar-refractivity contribution in [3.63, 3.8) is 0 Å². The summed E-state index contributed by atoms with van der Waals surface area (Å²) in [7, 11) is 0. The fraction of sp³-hybridized carbons (Fsp3) is 0.643. The van der Waals surface area contributed by atoms with E-state index in [-0.39, 0.29) is 0 Å². The van der Waals surface area contributed by atoms with Gasteiger partial charge in [0.25, 0.3) is 0 Å². The van der Waals surface area contributed by atoms with Gasteiger partial charge in [-0.3, -0.25) is 0 Å². The molecule has 1 N–H and O–H groups in total. The van der Waals surface area contributed by atoms with Crippen LogP contribution in [0.5, 0.6) is 0 Å². The molecule has 1 fully saturated rings. The van der Waals surface area contributed by atoms with Gasteiger partial charge in [-0.25, -0.2) is 4.98 Å². The van der Waals surface area contributed by atoms with Crippen LogP contribution in [-0.4, -0.2) is 49.2 Å². The van der Waals surface area contributed by atoms with Gasteiger partial charge in [-0.15, -0.1) is 0 Å². The van der Waals surface area contributed by atoms with E-state index in [1.807, 2.05) is 6.20 Å². The molecule has 0 aromatic carbocycles. The Kier molecular flexibility index (Phi) is 4.96. The molecule has 18 heavy (non-hydrogen) atoms. The molecule has 0 aliphatic carbocycles. The lowest BCUT2D eigenvalue weighted by molar-refractivity contribution is 0.270. The fourth-order valence-corrected chi connectivity index (χ4v) is 2.27. The van der Waals surface area contributed by atoms with Crippen LogP contribution >= 0.6 is 0 Å². The zero-order chi connectivity index (χ0) is 12.8. The number of nitrogens with zero attached hydrogens (tertiary/aromatic N) is 3. The Morgan fingerprint density at radius 3 is 2.50 bits per heavy atom. The number of hydrogen-bond donors (Lipinski definition) is 1. The minimum absolute atomic E-state index is 0.910. The van der Waals surface area contributed by atoms with Gasteiger partial charge in [-0.05, 0) is 24.7 Å². The summed E-state index contributed by atoms with van der Waals surface area (Å²) < 4.78 is 0. The summed E-state index contributed by atoms with van der Waals surface area (Å²) in [5.41, 5.74) is 1.26. The van der Waals surface area contributed by atoms with Gasteiger partial charge in [0.05, 0.1) is 0 Å². The minimum atomic E-state index is 0.910. The number of aromatic nitrogens is 1. The number of rotatable bonds is 5. The molecular weight excluding hydrogens is 224 g/mol. The quantitative estimate of drug-likeness (QED) is 0.852. The van der Waals surface area contributed by atoms with E-state index in [9.17, 15) is 0 Å². The molecule has 0 spiro atoms. The Morgan fingerprint density at radius 2 is 1.94 bits per heavy atom. The maximum Gasteiger partial charge on any atom is 0.128 e. The molecule has 0 bridgehead atoms. The van der Waals surface area contributed by atoms with Crippen molar-refractivity contribution in [2.75, 3.05) is 44.2 Å². The summed E-state index contributed by atoms with van der Waals surface area (Å²) >= 11 is 0. The molecule has 1 aromatic heterocycles.